The molecule has 1 unspecified atom stereocenters. The smallest absolute Gasteiger partial charge is 0.228 e. The van der Waals surface area contributed by atoms with Crippen molar-refractivity contribution in [3.05, 3.63) is 29.8 Å². The second-order valence-electron chi connectivity index (χ2n) is 6.02. The SMILES string of the molecule is COc1ccc([C@H]2OC[C@@H]3[C@H]4C(CCF)[C@H]4C(=O)N23)cc1. The van der Waals surface area contributed by atoms with Crippen molar-refractivity contribution in [2.45, 2.75) is 18.7 Å². The van der Waals surface area contributed by atoms with Crippen LogP contribution in [0.5, 0.6) is 5.75 Å². The molecule has 1 saturated carbocycles. The summed E-state index contributed by atoms with van der Waals surface area (Å²) in [5, 5.41) is 0. The van der Waals surface area contributed by atoms with E-state index in [4.69, 9.17) is 9.47 Å². The highest BCUT2D eigenvalue weighted by atomic mass is 19.1. The number of fused-ring (bicyclic) bond motifs is 3. The molecular formula is C16H18FNO3. The van der Waals surface area contributed by atoms with Crippen LogP contribution in [-0.4, -0.2) is 37.2 Å². The summed E-state index contributed by atoms with van der Waals surface area (Å²) in [5.41, 5.74) is 0.968. The minimum atomic E-state index is -0.333. The second-order valence-corrected chi connectivity index (χ2v) is 6.02. The molecule has 0 bridgehead atoms. The maximum absolute atomic E-state index is 12.5. The monoisotopic (exact) mass is 291 g/mol. The predicted octanol–water partition coefficient (Wildman–Crippen LogP) is 2.16. The lowest BCUT2D eigenvalue weighted by Gasteiger charge is -2.26. The zero-order valence-electron chi connectivity index (χ0n) is 11.9. The van der Waals surface area contributed by atoms with E-state index in [-0.39, 0.29) is 36.7 Å². The molecule has 0 spiro atoms. The Kier molecular flexibility index (Phi) is 2.92. The predicted molar refractivity (Wildman–Crippen MR) is 73.4 cm³/mol. The summed E-state index contributed by atoms with van der Waals surface area (Å²) in [6, 6.07) is 7.74. The molecule has 1 aliphatic carbocycles. The second kappa shape index (κ2) is 4.70. The van der Waals surface area contributed by atoms with Gasteiger partial charge < -0.3 is 14.4 Å². The van der Waals surface area contributed by atoms with E-state index in [0.29, 0.717) is 18.9 Å². The number of amides is 1. The Balaban J connectivity index is 1.54. The molecule has 112 valence electrons. The minimum absolute atomic E-state index is 0.0374. The number of rotatable bonds is 4. The molecule has 3 fully saturated rings. The van der Waals surface area contributed by atoms with E-state index in [1.54, 1.807) is 7.11 Å². The van der Waals surface area contributed by atoms with Gasteiger partial charge >= 0.3 is 0 Å². The van der Waals surface area contributed by atoms with Gasteiger partial charge in [0.15, 0.2) is 6.23 Å². The first-order valence-corrected chi connectivity index (χ1v) is 7.40. The molecule has 3 aliphatic rings. The number of hydrogen-bond donors (Lipinski definition) is 0. The van der Waals surface area contributed by atoms with E-state index in [9.17, 15) is 9.18 Å². The first kappa shape index (κ1) is 13.1. The van der Waals surface area contributed by atoms with E-state index in [1.807, 2.05) is 29.2 Å². The van der Waals surface area contributed by atoms with Crippen LogP contribution in [0.4, 0.5) is 4.39 Å². The van der Waals surface area contributed by atoms with Crippen LogP contribution in [0.1, 0.15) is 18.2 Å². The first-order chi connectivity index (χ1) is 10.3. The number of carbonyl (C=O) groups excluding carboxylic acids is 1. The Bertz CT molecular complexity index is 561. The van der Waals surface area contributed by atoms with Crippen LogP contribution >= 0.6 is 0 Å². The third kappa shape index (κ3) is 1.80. The molecule has 1 amide bonds. The van der Waals surface area contributed by atoms with Gasteiger partial charge in [-0.15, -0.1) is 0 Å². The molecule has 4 nitrogen and oxygen atoms in total. The number of ether oxygens (including phenoxy) is 2. The highest BCUT2D eigenvalue weighted by Gasteiger charge is 2.68. The van der Waals surface area contributed by atoms with Crippen LogP contribution in [0, 0.1) is 17.8 Å². The van der Waals surface area contributed by atoms with Crippen LogP contribution in [0.2, 0.25) is 0 Å². The van der Waals surface area contributed by atoms with Crippen molar-refractivity contribution < 1.29 is 18.7 Å². The Labute approximate surface area is 122 Å². The van der Waals surface area contributed by atoms with E-state index < -0.39 is 0 Å². The molecule has 2 aliphatic heterocycles. The molecule has 4 rings (SSSR count). The lowest BCUT2D eigenvalue weighted by atomic mass is 10.1. The average Bonchev–Trinajstić information content (AvgIpc) is 2.91. The van der Waals surface area contributed by atoms with E-state index >= 15 is 0 Å². The molecule has 21 heavy (non-hydrogen) atoms. The van der Waals surface area contributed by atoms with Gasteiger partial charge in [-0.3, -0.25) is 9.18 Å². The van der Waals surface area contributed by atoms with Crippen molar-refractivity contribution in [3.63, 3.8) is 0 Å². The molecule has 0 radical (unpaired) electrons. The van der Waals surface area contributed by atoms with Gasteiger partial charge in [0, 0.05) is 11.5 Å². The summed E-state index contributed by atoms with van der Waals surface area (Å²) in [4.78, 5) is 14.4. The van der Waals surface area contributed by atoms with E-state index in [0.717, 1.165) is 11.3 Å². The summed E-state index contributed by atoms with van der Waals surface area (Å²) >= 11 is 0. The first-order valence-electron chi connectivity index (χ1n) is 7.40. The maximum atomic E-state index is 12.5. The number of hydrogen-bond acceptors (Lipinski definition) is 3. The summed E-state index contributed by atoms with van der Waals surface area (Å²) in [7, 11) is 1.62. The molecule has 5 atom stereocenters. The Morgan fingerprint density at radius 1 is 1.38 bits per heavy atom. The lowest BCUT2D eigenvalue weighted by molar-refractivity contribution is -0.137. The summed E-state index contributed by atoms with van der Waals surface area (Å²) in [5.74, 6) is 1.50. The fourth-order valence-electron chi connectivity index (χ4n) is 4.07. The van der Waals surface area contributed by atoms with Crippen molar-refractivity contribution in [1.82, 2.24) is 4.90 Å². The maximum Gasteiger partial charge on any atom is 0.228 e. The Morgan fingerprint density at radius 3 is 2.81 bits per heavy atom. The van der Waals surface area contributed by atoms with Crippen LogP contribution in [0.3, 0.4) is 0 Å². The highest BCUT2D eigenvalue weighted by Crippen LogP contribution is 2.61. The normalized spacial score (nSPS) is 36.6. The summed E-state index contributed by atoms with van der Waals surface area (Å²) < 4.78 is 23.5. The molecule has 2 saturated heterocycles. The fourth-order valence-corrected chi connectivity index (χ4v) is 4.07. The highest BCUT2D eigenvalue weighted by molar-refractivity contribution is 5.86. The molecule has 1 aromatic rings. The number of alkyl halides is 1. The molecule has 5 heteroatoms. The number of benzene rings is 1. The molecule has 0 N–H and O–H groups in total. The molecule has 2 heterocycles. The largest absolute Gasteiger partial charge is 0.497 e. The number of methoxy groups -OCH3 is 1. The standard InChI is InChI=1S/C16H18FNO3/c1-20-10-4-2-9(3-5-10)16-18-12(8-21-16)13-11(6-7-17)14(13)15(18)19/h2-5,11-14,16H,6-8H2,1H3/t11?,12-,13-,14-,16-/m1/s1. The third-order valence-electron chi connectivity index (χ3n) is 5.09. The number of nitrogens with zero attached hydrogens (tertiary/aromatic N) is 1. The van der Waals surface area contributed by atoms with Gasteiger partial charge in [-0.1, -0.05) is 12.1 Å². The lowest BCUT2D eigenvalue weighted by Crippen LogP contribution is -2.36. The van der Waals surface area contributed by atoms with Gasteiger partial charge in [0.1, 0.15) is 5.75 Å². The van der Waals surface area contributed by atoms with Gasteiger partial charge in [-0.25, -0.2) is 0 Å². The zero-order valence-corrected chi connectivity index (χ0v) is 11.9. The van der Waals surface area contributed by atoms with Crippen molar-refractivity contribution in [3.8, 4) is 5.75 Å². The third-order valence-corrected chi connectivity index (χ3v) is 5.09. The van der Waals surface area contributed by atoms with Crippen molar-refractivity contribution in [2.24, 2.45) is 17.8 Å². The van der Waals surface area contributed by atoms with Gasteiger partial charge in [0.25, 0.3) is 0 Å². The molecule has 0 aromatic heterocycles. The van der Waals surface area contributed by atoms with Gasteiger partial charge in [0.2, 0.25) is 5.91 Å². The van der Waals surface area contributed by atoms with E-state index in [1.165, 1.54) is 0 Å². The van der Waals surface area contributed by atoms with Crippen LogP contribution in [0.15, 0.2) is 24.3 Å². The van der Waals surface area contributed by atoms with Gasteiger partial charge in [-0.2, -0.15) is 0 Å². The van der Waals surface area contributed by atoms with Crippen LogP contribution in [0.25, 0.3) is 0 Å². The number of carbonyl (C=O) groups is 1. The van der Waals surface area contributed by atoms with Crippen molar-refractivity contribution in [1.29, 1.82) is 0 Å². The molecule has 1 aromatic carbocycles. The summed E-state index contributed by atoms with van der Waals surface area (Å²) in [6.07, 6.45) is 0.214. The van der Waals surface area contributed by atoms with Gasteiger partial charge in [-0.05, 0) is 30.4 Å². The topological polar surface area (TPSA) is 38.8 Å². The van der Waals surface area contributed by atoms with E-state index in [2.05, 4.69) is 0 Å². The summed E-state index contributed by atoms with van der Waals surface area (Å²) in [6.45, 7) is 0.229. The Hall–Kier alpha value is -1.62. The van der Waals surface area contributed by atoms with Crippen molar-refractivity contribution in [2.75, 3.05) is 20.4 Å². The number of halogens is 1. The minimum Gasteiger partial charge on any atom is -0.497 e. The molecular weight excluding hydrogens is 273 g/mol. The fraction of sp³-hybridized carbons (Fsp3) is 0.562. The zero-order chi connectivity index (χ0) is 14.6. The quantitative estimate of drug-likeness (QED) is 0.853. The van der Waals surface area contributed by atoms with Crippen molar-refractivity contribution >= 4 is 5.91 Å². The van der Waals surface area contributed by atoms with Crippen LogP contribution in [-0.2, 0) is 9.53 Å². The van der Waals surface area contributed by atoms with Gasteiger partial charge in [0.05, 0.1) is 26.4 Å². The van der Waals surface area contributed by atoms with Crippen LogP contribution < -0.4 is 4.74 Å². The average molecular weight is 291 g/mol. The number of piperidine rings is 1. The Morgan fingerprint density at radius 2 is 2.14 bits per heavy atom.